The first-order chi connectivity index (χ1) is 11.6. The van der Waals surface area contributed by atoms with Crippen molar-refractivity contribution < 1.29 is 14.8 Å². The fourth-order valence-corrected chi connectivity index (χ4v) is 2.31. The summed E-state index contributed by atoms with van der Waals surface area (Å²) in [7, 11) is 0. The summed E-state index contributed by atoms with van der Waals surface area (Å²) < 4.78 is 0. The molecule has 0 saturated carbocycles. The molecule has 1 N–H and O–H groups in total. The second-order valence-electron chi connectivity index (χ2n) is 4.98. The molecule has 0 aliphatic heterocycles. The standard InChI is InChI=1S/C17H11N3O4/c21-16-13-6-1-2-7-14(13)17(22)15(16)10-19-18-9-11-4-3-5-12(8-11)20(23)24/h1-10,21H/b18-9-,19-10?. The van der Waals surface area contributed by atoms with Crippen LogP contribution in [0.1, 0.15) is 21.5 Å². The van der Waals surface area contributed by atoms with Gasteiger partial charge in [0.1, 0.15) is 5.76 Å². The van der Waals surface area contributed by atoms with Crippen LogP contribution in [0.15, 0.2) is 64.3 Å². The maximum Gasteiger partial charge on any atom is 0.270 e. The number of aliphatic hydroxyl groups excluding tert-OH is 1. The average Bonchev–Trinajstić information content (AvgIpc) is 2.84. The van der Waals surface area contributed by atoms with E-state index in [9.17, 15) is 20.0 Å². The maximum absolute atomic E-state index is 12.2. The summed E-state index contributed by atoms with van der Waals surface area (Å²) in [4.78, 5) is 22.4. The van der Waals surface area contributed by atoms with Gasteiger partial charge in [0, 0.05) is 28.8 Å². The van der Waals surface area contributed by atoms with Gasteiger partial charge in [-0.25, -0.2) is 0 Å². The third-order valence-electron chi connectivity index (χ3n) is 3.47. The minimum Gasteiger partial charge on any atom is -0.506 e. The number of nitro groups is 1. The van der Waals surface area contributed by atoms with E-state index in [1.54, 1.807) is 30.3 Å². The van der Waals surface area contributed by atoms with Crippen LogP contribution in [0, 0.1) is 10.1 Å². The number of hydrogen-bond donors (Lipinski definition) is 1. The molecule has 0 heterocycles. The molecule has 7 nitrogen and oxygen atoms in total. The van der Waals surface area contributed by atoms with Crippen molar-refractivity contribution in [1.29, 1.82) is 0 Å². The van der Waals surface area contributed by atoms with Crippen LogP contribution in [0.2, 0.25) is 0 Å². The number of Topliss-reactive ketones (excluding diaryl/α,β-unsaturated/α-hetero) is 1. The summed E-state index contributed by atoms with van der Waals surface area (Å²) in [5.74, 6) is -0.456. The second kappa shape index (κ2) is 6.25. The maximum atomic E-state index is 12.2. The van der Waals surface area contributed by atoms with E-state index in [1.165, 1.54) is 30.6 Å². The lowest BCUT2D eigenvalue weighted by molar-refractivity contribution is -0.384. The Balaban J connectivity index is 1.78. The highest BCUT2D eigenvalue weighted by Crippen LogP contribution is 2.29. The van der Waals surface area contributed by atoms with E-state index < -0.39 is 4.92 Å². The van der Waals surface area contributed by atoms with E-state index in [2.05, 4.69) is 10.2 Å². The quantitative estimate of drug-likeness (QED) is 0.530. The number of fused-ring (bicyclic) bond motifs is 1. The highest BCUT2D eigenvalue weighted by Gasteiger charge is 2.27. The van der Waals surface area contributed by atoms with Crippen molar-refractivity contribution in [1.82, 2.24) is 0 Å². The summed E-state index contributed by atoms with van der Waals surface area (Å²) >= 11 is 0. The first-order valence-electron chi connectivity index (χ1n) is 6.96. The lowest BCUT2D eigenvalue weighted by atomic mass is 10.1. The van der Waals surface area contributed by atoms with Gasteiger partial charge in [-0.05, 0) is 0 Å². The molecule has 0 radical (unpaired) electrons. The monoisotopic (exact) mass is 321 g/mol. The van der Waals surface area contributed by atoms with Crippen molar-refractivity contribution in [2.45, 2.75) is 0 Å². The minimum atomic E-state index is -0.502. The number of non-ortho nitro benzene ring substituents is 1. The summed E-state index contributed by atoms with van der Waals surface area (Å²) in [6.07, 6.45) is 2.50. The lowest BCUT2D eigenvalue weighted by Crippen LogP contribution is -1.99. The predicted molar refractivity (Wildman–Crippen MR) is 89.5 cm³/mol. The van der Waals surface area contributed by atoms with E-state index in [1.807, 2.05) is 0 Å². The van der Waals surface area contributed by atoms with Crippen LogP contribution in [-0.2, 0) is 0 Å². The van der Waals surface area contributed by atoms with Crippen LogP contribution in [0.4, 0.5) is 5.69 Å². The molecular weight excluding hydrogens is 310 g/mol. The van der Waals surface area contributed by atoms with Crippen LogP contribution in [0.25, 0.3) is 5.76 Å². The number of carbonyl (C=O) groups excluding carboxylic acids is 1. The summed E-state index contributed by atoms with van der Waals surface area (Å²) in [5, 5.41) is 28.3. The SMILES string of the molecule is O=C1C(C=N/N=C\c2cccc([N+](=O)[O-])c2)=C(O)c2ccccc21. The molecule has 118 valence electrons. The molecule has 0 aromatic heterocycles. The van der Waals surface area contributed by atoms with Crippen molar-refractivity contribution in [2.24, 2.45) is 10.2 Å². The molecule has 0 unspecified atom stereocenters. The zero-order chi connectivity index (χ0) is 17.1. The van der Waals surface area contributed by atoms with E-state index in [0.29, 0.717) is 16.7 Å². The molecule has 7 heteroatoms. The number of nitro benzene ring substituents is 1. The van der Waals surface area contributed by atoms with Crippen molar-refractivity contribution in [3.63, 3.8) is 0 Å². The van der Waals surface area contributed by atoms with Gasteiger partial charge in [0.25, 0.3) is 5.69 Å². The van der Waals surface area contributed by atoms with E-state index in [-0.39, 0.29) is 22.8 Å². The third kappa shape index (κ3) is 2.82. The Morgan fingerprint density at radius 1 is 1.00 bits per heavy atom. The lowest BCUT2D eigenvalue weighted by Gasteiger charge is -1.95. The van der Waals surface area contributed by atoms with Gasteiger partial charge < -0.3 is 5.11 Å². The number of aliphatic hydroxyl groups is 1. The fourth-order valence-electron chi connectivity index (χ4n) is 2.31. The molecule has 1 aliphatic rings. The first kappa shape index (κ1) is 15.3. The molecule has 2 aromatic carbocycles. The molecular formula is C17H11N3O4. The molecule has 3 rings (SSSR count). The second-order valence-corrected chi connectivity index (χ2v) is 4.98. The molecule has 0 amide bonds. The zero-order valence-corrected chi connectivity index (χ0v) is 12.3. The van der Waals surface area contributed by atoms with Gasteiger partial charge in [-0.1, -0.05) is 36.4 Å². The van der Waals surface area contributed by atoms with Gasteiger partial charge in [-0.15, -0.1) is 0 Å². The van der Waals surface area contributed by atoms with Crippen LogP contribution in [-0.4, -0.2) is 28.2 Å². The zero-order valence-electron chi connectivity index (χ0n) is 12.3. The smallest absolute Gasteiger partial charge is 0.270 e. The van der Waals surface area contributed by atoms with Crippen LogP contribution < -0.4 is 0 Å². The number of hydrogen-bond acceptors (Lipinski definition) is 6. The van der Waals surface area contributed by atoms with E-state index in [0.717, 1.165) is 0 Å². The van der Waals surface area contributed by atoms with Gasteiger partial charge in [-0.2, -0.15) is 10.2 Å². The van der Waals surface area contributed by atoms with Gasteiger partial charge in [0.05, 0.1) is 22.9 Å². The number of ketones is 1. The Morgan fingerprint density at radius 2 is 1.71 bits per heavy atom. The van der Waals surface area contributed by atoms with Gasteiger partial charge in [0.15, 0.2) is 5.78 Å². The Kier molecular flexibility index (Phi) is 3.98. The molecule has 2 aromatic rings. The predicted octanol–water partition coefficient (Wildman–Crippen LogP) is 3.17. The average molecular weight is 321 g/mol. The minimum absolute atomic E-state index is 0.0512. The number of benzene rings is 2. The molecule has 0 fully saturated rings. The fraction of sp³-hybridized carbons (Fsp3) is 0. The van der Waals surface area contributed by atoms with Gasteiger partial charge >= 0.3 is 0 Å². The Morgan fingerprint density at radius 3 is 2.42 bits per heavy atom. The van der Waals surface area contributed by atoms with Crippen LogP contribution in [0.5, 0.6) is 0 Å². The molecule has 0 spiro atoms. The number of allylic oxidation sites excluding steroid dienone is 1. The number of rotatable bonds is 4. The Bertz CT molecular complexity index is 929. The van der Waals surface area contributed by atoms with Gasteiger partial charge in [0.2, 0.25) is 0 Å². The number of nitrogens with zero attached hydrogens (tertiary/aromatic N) is 3. The highest BCUT2D eigenvalue weighted by atomic mass is 16.6. The molecule has 0 bridgehead atoms. The van der Waals surface area contributed by atoms with E-state index >= 15 is 0 Å². The molecule has 0 saturated heterocycles. The number of carbonyl (C=O) groups is 1. The van der Waals surface area contributed by atoms with Crippen molar-refractivity contribution in [2.75, 3.05) is 0 Å². The largest absolute Gasteiger partial charge is 0.506 e. The summed E-state index contributed by atoms with van der Waals surface area (Å²) in [5.41, 5.74) is 1.39. The van der Waals surface area contributed by atoms with Crippen LogP contribution in [0.3, 0.4) is 0 Å². The topological polar surface area (TPSA) is 105 Å². The Labute approximate surface area is 136 Å². The van der Waals surface area contributed by atoms with Crippen LogP contribution >= 0.6 is 0 Å². The highest BCUT2D eigenvalue weighted by molar-refractivity contribution is 6.30. The van der Waals surface area contributed by atoms with Crippen molar-refractivity contribution >= 4 is 29.7 Å². The molecule has 1 aliphatic carbocycles. The first-order valence-corrected chi connectivity index (χ1v) is 6.96. The van der Waals surface area contributed by atoms with Gasteiger partial charge in [-0.3, -0.25) is 14.9 Å². The summed E-state index contributed by atoms with van der Waals surface area (Å²) in [6.45, 7) is 0. The molecule has 0 atom stereocenters. The Hall–Kier alpha value is -3.61. The normalized spacial score (nSPS) is 13.9. The third-order valence-corrected chi connectivity index (χ3v) is 3.47. The molecule has 24 heavy (non-hydrogen) atoms. The van der Waals surface area contributed by atoms with E-state index in [4.69, 9.17) is 0 Å². The van der Waals surface area contributed by atoms with Crippen molar-refractivity contribution in [3.8, 4) is 0 Å². The summed E-state index contributed by atoms with van der Waals surface area (Å²) in [6, 6.07) is 12.6. The van der Waals surface area contributed by atoms with Crippen molar-refractivity contribution in [3.05, 3.63) is 80.9 Å².